The molecule has 0 saturated carbocycles. The number of pyridine rings is 2. The molecular formula is C34H48Br3N5O7. The molecule has 4 rings (SSSR count). The second kappa shape index (κ2) is 19.7. The Morgan fingerprint density at radius 1 is 0.714 bits per heavy atom. The lowest BCUT2D eigenvalue weighted by molar-refractivity contribution is -0.174. The fraction of sp³-hybridized carbons (Fsp3) is 0.588. The molecule has 0 unspecified atom stereocenters. The Kier molecular flexibility index (Phi) is 17.1. The zero-order valence-electron chi connectivity index (χ0n) is 29.5. The number of rotatable bonds is 4. The SMILES string of the molecule is Brc1ccc(Br)nc1.CC(C)(C)OC(=O)N1CCC(C(=O)c2ccc(Br)nc2)CC1.CON(C)C(=O)C1CCN(C(=O)OC(C)(C)C)CC1. The molecule has 0 spiro atoms. The summed E-state index contributed by atoms with van der Waals surface area (Å²) in [6.45, 7) is 13.3. The van der Waals surface area contributed by atoms with Crippen LogP contribution in [-0.2, 0) is 19.1 Å². The molecule has 2 fully saturated rings. The first-order chi connectivity index (χ1) is 22.8. The third-order valence-corrected chi connectivity index (χ3v) is 8.71. The number of ketones is 1. The van der Waals surface area contributed by atoms with Gasteiger partial charge in [0.05, 0.1) is 7.11 Å². The smallest absolute Gasteiger partial charge is 0.410 e. The third kappa shape index (κ3) is 15.9. The number of amides is 3. The van der Waals surface area contributed by atoms with Crippen molar-refractivity contribution in [3.63, 3.8) is 0 Å². The van der Waals surface area contributed by atoms with Crippen molar-refractivity contribution in [2.24, 2.45) is 11.8 Å². The Morgan fingerprint density at radius 2 is 1.14 bits per heavy atom. The number of likely N-dealkylation sites (tertiary alicyclic amines) is 2. The molecule has 0 aromatic carbocycles. The number of hydroxylamine groups is 2. The molecule has 49 heavy (non-hydrogen) atoms. The fourth-order valence-electron chi connectivity index (χ4n) is 4.75. The van der Waals surface area contributed by atoms with E-state index in [0.29, 0.717) is 62.0 Å². The van der Waals surface area contributed by atoms with Crippen LogP contribution in [-0.4, -0.2) is 100 Å². The molecule has 2 aliphatic rings. The lowest BCUT2D eigenvalue weighted by atomic mass is 9.89. The van der Waals surface area contributed by atoms with Gasteiger partial charge in [0.1, 0.15) is 20.4 Å². The van der Waals surface area contributed by atoms with E-state index in [2.05, 4.69) is 57.8 Å². The van der Waals surface area contributed by atoms with Crippen molar-refractivity contribution in [1.29, 1.82) is 0 Å². The Labute approximate surface area is 315 Å². The number of piperidine rings is 2. The number of halogens is 3. The van der Waals surface area contributed by atoms with Crippen LogP contribution in [0.4, 0.5) is 9.59 Å². The quantitative estimate of drug-likeness (QED) is 0.171. The summed E-state index contributed by atoms with van der Waals surface area (Å²) < 4.78 is 13.2. The largest absolute Gasteiger partial charge is 0.444 e. The lowest BCUT2D eigenvalue weighted by Gasteiger charge is -2.33. The van der Waals surface area contributed by atoms with Crippen LogP contribution >= 0.6 is 47.8 Å². The van der Waals surface area contributed by atoms with Crippen molar-refractivity contribution in [3.05, 3.63) is 55.9 Å². The van der Waals surface area contributed by atoms with Crippen LogP contribution in [0.25, 0.3) is 0 Å². The number of nitrogens with zero attached hydrogens (tertiary/aromatic N) is 5. The van der Waals surface area contributed by atoms with Gasteiger partial charge in [0, 0.05) is 67.5 Å². The normalized spacial score (nSPS) is 15.6. The number of hydrogen-bond donors (Lipinski definition) is 0. The fourth-order valence-corrected chi connectivity index (χ4v) is 5.45. The van der Waals surface area contributed by atoms with Gasteiger partial charge in [-0.25, -0.2) is 24.6 Å². The number of carbonyl (C=O) groups is 4. The van der Waals surface area contributed by atoms with Gasteiger partial charge >= 0.3 is 12.2 Å². The van der Waals surface area contributed by atoms with E-state index in [1.807, 2.05) is 53.7 Å². The minimum absolute atomic E-state index is 0.0358. The Bertz CT molecular complexity index is 1350. The van der Waals surface area contributed by atoms with Crippen LogP contribution in [0, 0.1) is 11.8 Å². The molecule has 0 N–H and O–H groups in total. The van der Waals surface area contributed by atoms with Gasteiger partial charge in [0.25, 0.3) is 0 Å². The summed E-state index contributed by atoms with van der Waals surface area (Å²) in [7, 11) is 3.07. The predicted molar refractivity (Wildman–Crippen MR) is 197 cm³/mol. The minimum Gasteiger partial charge on any atom is -0.444 e. The Balaban J connectivity index is 0.000000280. The van der Waals surface area contributed by atoms with Gasteiger partial charge in [-0.3, -0.25) is 14.4 Å². The van der Waals surface area contributed by atoms with Gasteiger partial charge in [0.15, 0.2) is 5.78 Å². The highest BCUT2D eigenvalue weighted by Crippen LogP contribution is 2.24. The van der Waals surface area contributed by atoms with E-state index < -0.39 is 11.2 Å². The maximum Gasteiger partial charge on any atom is 0.410 e. The predicted octanol–water partition coefficient (Wildman–Crippen LogP) is 7.93. The zero-order chi connectivity index (χ0) is 36.9. The molecule has 0 bridgehead atoms. The maximum atomic E-state index is 12.4. The van der Waals surface area contributed by atoms with E-state index in [4.69, 9.17) is 14.3 Å². The summed E-state index contributed by atoms with van der Waals surface area (Å²) in [6.07, 6.45) is 5.33. The van der Waals surface area contributed by atoms with Crippen LogP contribution in [0.3, 0.4) is 0 Å². The standard InChI is InChI=1S/C16H21BrN2O3.C13H24N2O4.C5H3Br2N/c1-16(2,3)22-15(21)19-8-6-11(7-9-19)14(20)12-4-5-13(17)18-10-12;1-13(2,3)19-12(17)15-8-6-10(7-9-15)11(16)14(4)18-5;6-4-1-2-5(7)8-3-4/h4-5,10-11H,6-9H2,1-3H3;10H,6-9H2,1-5H3;1-3H. The van der Waals surface area contributed by atoms with Gasteiger partial charge < -0.3 is 19.3 Å². The monoisotopic (exact) mass is 875 g/mol. The van der Waals surface area contributed by atoms with Crippen LogP contribution in [0.15, 0.2) is 50.3 Å². The third-order valence-electron chi connectivity index (χ3n) is 7.30. The average Bonchev–Trinajstić information content (AvgIpc) is 3.04. The van der Waals surface area contributed by atoms with Crippen LogP contribution in [0.5, 0.6) is 0 Å². The van der Waals surface area contributed by atoms with Gasteiger partial charge in [0.2, 0.25) is 5.91 Å². The van der Waals surface area contributed by atoms with Crippen molar-refractivity contribution in [3.8, 4) is 0 Å². The number of aromatic nitrogens is 2. The topological polar surface area (TPSA) is 131 Å². The summed E-state index contributed by atoms with van der Waals surface area (Å²) in [6, 6.07) is 7.35. The zero-order valence-corrected chi connectivity index (χ0v) is 34.3. The van der Waals surface area contributed by atoms with Crippen LogP contribution in [0.2, 0.25) is 0 Å². The first-order valence-electron chi connectivity index (χ1n) is 16.0. The molecule has 12 nitrogen and oxygen atoms in total. The van der Waals surface area contributed by atoms with Crippen molar-refractivity contribution in [2.45, 2.75) is 78.4 Å². The van der Waals surface area contributed by atoms with Gasteiger partial charge in [-0.15, -0.1) is 0 Å². The molecule has 2 aromatic heterocycles. The Morgan fingerprint density at radius 3 is 1.49 bits per heavy atom. The highest BCUT2D eigenvalue weighted by atomic mass is 79.9. The maximum absolute atomic E-state index is 12.4. The molecule has 2 aliphatic heterocycles. The molecule has 2 aromatic rings. The first kappa shape index (κ1) is 42.5. The summed E-state index contributed by atoms with van der Waals surface area (Å²) in [5, 5.41) is 1.24. The van der Waals surface area contributed by atoms with Crippen molar-refractivity contribution in [2.75, 3.05) is 40.3 Å². The minimum atomic E-state index is -0.493. The molecular weight excluding hydrogens is 830 g/mol. The van der Waals surface area contributed by atoms with E-state index in [0.717, 1.165) is 9.08 Å². The number of hydrogen-bond acceptors (Lipinski definition) is 9. The molecule has 272 valence electrons. The Hall–Kier alpha value is -2.62. The molecule has 4 heterocycles. The van der Waals surface area contributed by atoms with Gasteiger partial charge in [-0.05, 0) is 139 Å². The second-order valence-electron chi connectivity index (χ2n) is 13.5. The van der Waals surface area contributed by atoms with E-state index >= 15 is 0 Å². The van der Waals surface area contributed by atoms with Crippen LogP contribution < -0.4 is 0 Å². The number of carbonyl (C=O) groups excluding carboxylic acids is 4. The molecule has 0 aliphatic carbocycles. The summed E-state index contributed by atoms with van der Waals surface area (Å²) in [4.78, 5) is 64.4. The van der Waals surface area contributed by atoms with E-state index in [-0.39, 0.29) is 35.7 Å². The first-order valence-corrected chi connectivity index (χ1v) is 18.4. The van der Waals surface area contributed by atoms with Crippen LogP contribution in [0.1, 0.15) is 77.6 Å². The molecule has 0 atom stereocenters. The molecule has 2 saturated heterocycles. The van der Waals surface area contributed by atoms with Crippen molar-refractivity contribution >= 4 is 71.7 Å². The summed E-state index contributed by atoms with van der Waals surface area (Å²) in [5.74, 6) is -0.0690. The van der Waals surface area contributed by atoms with Gasteiger partial charge in [-0.2, -0.15) is 0 Å². The second-order valence-corrected chi connectivity index (χ2v) is 16.1. The van der Waals surface area contributed by atoms with E-state index in [1.165, 1.54) is 12.2 Å². The lowest BCUT2D eigenvalue weighted by Crippen LogP contribution is -2.45. The van der Waals surface area contributed by atoms with Crippen molar-refractivity contribution < 1.29 is 33.5 Å². The molecule has 15 heteroatoms. The summed E-state index contributed by atoms with van der Waals surface area (Å²) in [5.41, 5.74) is -0.355. The number of Topliss-reactive ketones (excluding diaryl/α,β-unsaturated/α-hetero) is 1. The molecule has 3 amide bonds. The van der Waals surface area contributed by atoms with E-state index in [9.17, 15) is 19.2 Å². The van der Waals surface area contributed by atoms with E-state index in [1.54, 1.807) is 41.4 Å². The van der Waals surface area contributed by atoms with Crippen molar-refractivity contribution in [1.82, 2.24) is 24.8 Å². The van der Waals surface area contributed by atoms with Gasteiger partial charge in [-0.1, -0.05) is 0 Å². The summed E-state index contributed by atoms with van der Waals surface area (Å²) >= 11 is 9.73. The molecule has 0 radical (unpaired) electrons. The number of ether oxygens (including phenoxy) is 2. The highest BCUT2D eigenvalue weighted by Gasteiger charge is 2.32. The highest BCUT2D eigenvalue weighted by molar-refractivity contribution is 9.11. The average molecular weight is 878 g/mol.